The minimum Gasteiger partial charge on any atom is -0.377 e. The summed E-state index contributed by atoms with van der Waals surface area (Å²) in [4.78, 5) is 26.9. The van der Waals surface area contributed by atoms with Crippen LogP contribution < -0.4 is 0 Å². The molecule has 23 heavy (non-hydrogen) atoms. The number of ketones is 1. The van der Waals surface area contributed by atoms with Crippen LogP contribution in [0.25, 0.3) is 0 Å². The predicted octanol–water partition coefficient (Wildman–Crippen LogP) is 1.53. The molecule has 0 saturated carbocycles. The molecule has 0 radical (unpaired) electrons. The zero-order chi connectivity index (χ0) is 16.2. The Kier molecular flexibility index (Phi) is 4.52. The van der Waals surface area contributed by atoms with E-state index in [1.165, 1.54) is 0 Å². The Balaban J connectivity index is 1.75. The van der Waals surface area contributed by atoms with E-state index in [0.717, 1.165) is 0 Å². The van der Waals surface area contributed by atoms with Gasteiger partial charge in [-0.1, -0.05) is 30.3 Å². The van der Waals surface area contributed by atoms with Crippen molar-refractivity contribution in [1.29, 1.82) is 0 Å². The highest BCUT2D eigenvalue weighted by atomic mass is 16.5. The van der Waals surface area contributed by atoms with E-state index in [4.69, 9.17) is 4.74 Å². The van der Waals surface area contributed by atoms with E-state index in [9.17, 15) is 9.59 Å². The van der Waals surface area contributed by atoms with Crippen molar-refractivity contribution in [2.75, 3.05) is 19.8 Å². The highest BCUT2D eigenvalue weighted by molar-refractivity contribution is 5.97. The fraction of sp³-hybridized carbons (Fsp3) is 0.353. The van der Waals surface area contributed by atoms with Gasteiger partial charge in [-0.15, -0.1) is 0 Å². The molecule has 6 heteroatoms. The SMILES string of the molecule is Cn1nccc1C(=O)N1CCOCC1CC(=O)c1ccccc1. The van der Waals surface area contributed by atoms with Gasteiger partial charge in [-0.25, -0.2) is 0 Å². The number of carbonyl (C=O) groups is 2. The quantitative estimate of drug-likeness (QED) is 0.803. The normalized spacial score (nSPS) is 18.0. The molecule has 1 fully saturated rings. The molecular formula is C17H19N3O3. The van der Waals surface area contributed by atoms with Crippen LogP contribution in [0.5, 0.6) is 0 Å². The van der Waals surface area contributed by atoms with Gasteiger partial charge in [-0.05, 0) is 6.07 Å². The van der Waals surface area contributed by atoms with E-state index in [0.29, 0.717) is 31.0 Å². The second kappa shape index (κ2) is 6.75. The fourth-order valence-corrected chi connectivity index (χ4v) is 2.78. The van der Waals surface area contributed by atoms with Crippen LogP contribution in [0.15, 0.2) is 42.6 Å². The van der Waals surface area contributed by atoms with Crippen molar-refractivity contribution in [3.8, 4) is 0 Å². The lowest BCUT2D eigenvalue weighted by atomic mass is 10.0. The molecule has 0 spiro atoms. The number of ether oxygens (including phenoxy) is 1. The van der Waals surface area contributed by atoms with Gasteiger partial charge in [0.05, 0.1) is 19.3 Å². The molecule has 1 aromatic carbocycles. The van der Waals surface area contributed by atoms with Crippen molar-refractivity contribution in [3.05, 3.63) is 53.9 Å². The van der Waals surface area contributed by atoms with E-state index in [1.54, 1.807) is 41.0 Å². The lowest BCUT2D eigenvalue weighted by molar-refractivity contribution is -0.00334. The first-order chi connectivity index (χ1) is 11.2. The first-order valence-corrected chi connectivity index (χ1v) is 7.62. The number of rotatable bonds is 4. The van der Waals surface area contributed by atoms with Gasteiger partial charge < -0.3 is 9.64 Å². The molecule has 1 aliphatic heterocycles. The van der Waals surface area contributed by atoms with Gasteiger partial charge in [0.2, 0.25) is 0 Å². The van der Waals surface area contributed by atoms with Crippen LogP contribution in [0, 0.1) is 0 Å². The zero-order valence-electron chi connectivity index (χ0n) is 13.0. The number of hydrogen-bond donors (Lipinski definition) is 0. The molecule has 1 aromatic heterocycles. The van der Waals surface area contributed by atoms with Crippen molar-refractivity contribution in [2.45, 2.75) is 12.5 Å². The Bertz CT molecular complexity index is 696. The van der Waals surface area contributed by atoms with Gasteiger partial charge in [-0.3, -0.25) is 14.3 Å². The molecule has 2 aromatic rings. The van der Waals surface area contributed by atoms with Crippen molar-refractivity contribution in [1.82, 2.24) is 14.7 Å². The average molecular weight is 313 g/mol. The van der Waals surface area contributed by atoms with Crippen LogP contribution in [-0.2, 0) is 11.8 Å². The van der Waals surface area contributed by atoms with Gasteiger partial charge in [0, 0.05) is 31.8 Å². The number of amides is 1. The second-order valence-corrected chi connectivity index (χ2v) is 5.56. The molecule has 120 valence electrons. The maximum atomic E-state index is 12.7. The lowest BCUT2D eigenvalue weighted by Gasteiger charge is -2.35. The summed E-state index contributed by atoms with van der Waals surface area (Å²) in [5.41, 5.74) is 1.18. The number of carbonyl (C=O) groups excluding carboxylic acids is 2. The standard InChI is InChI=1S/C17H19N3O3/c1-19-15(7-8-18-19)17(22)20-9-10-23-12-14(20)11-16(21)13-5-3-2-4-6-13/h2-8,14H,9-12H2,1H3. The van der Waals surface area contributed by atoms with Gasteiger partial charge in [0.25, 0.3) is 5.91 Å². The molecule has 0 N–H and O–H groups in total. The molecule has 0 bridgehead atoms. The third-order valence-electron chi connectivity index (χ3n) is 4.05. The Morgan fingerprint density at radius 3 is 2.74 bits per heavy atom. The molecule has 1 atom stereocenters. The summed E-state index contributed by atoms with van der Waals surface area (Å²) >= 11 is 0. The molecule has 1 unspecified atom stereocenters. The summed E-state index contributed by atoms with van der Waals surface area (Å²) in [5, 5.41) is 4.04. The van der Waals surface area contributed by atoms with Crippen LogP contribution in [0.2, 0.25) is 0 Å². The molecule has 0 aliphatic carbocycles. The minimum absolute atomic E-state index is 0.0175. The van der Waals surface area contributed by atoms with E-state index < -0.39 is 0 Å². The number of morpholine rings is 1. The highest BCUT2D eigenvalue weighted by Gasteiger charge is 2.31. The predicted molar refractivity (Wildman–Crippen MR) is 84.2 cm³/mol. The summed E-state index contributed by atoms with van der Waals surface area (Å²) < 4.78 is 7.03. The molecule has 3 rings (SSSR count). The molecular weight excluding hydrogens is 294 g/mol. The number of aromatic nitrogens is 2. The third-order valence-corrected chi connectivity index (χ3v) is 4.05. The van der Waals surface area contributed by atoms with E-state index in [-0.39, 0.29) is 24.2 Å². The van der Waals surface area contributed by atoms with Crippen LogP contribution in [0.1, 0.15) is 27.3 Å². The monoisotopic (exact) mass is 313 g/mol. The van der Waals surface area contributed by atoms with Gasteiger partial charge in [0.1, 0.15) is 5.69 Å². The van der Waals surface area contributed by atoms with Crippen molar-refractivity contribution in [2.24, 2.45) is 7.05 Å². The Hall–Kier alpha value is -2.47. The van der Waals surface area contributed by atoms with Gasteiger partial charge in [0.15, 0.2) is 5.78 Å². The Morgan fingerprint density at radius 1 is 1.26 bits per heavy atom. The number of nitrogens with zero attached hydrogens (tertiary/aromatic N) is 3. The zero-order valence-corrected chi connectivity index (χ0v) is 13.0. The van der Waals surface area contributed by atoms with E-state index >= 15 is 0 Å². The summed E-state index contributed by atoms with van der Waals surface area (Å²) in [6.07, 6.45) is 1.85. The first kappa shape index (κ1) is 15.4. The van der Waals surface area contributed by atoms with Crippen LogP contribution >= 0.6 is 0 Å². The van der Waals surface area contributed by atoms with Crippen molar-refractivity contribution in [3.63, 3.8) is 0 Å². The Morgan fingerprint density at radius 2 is 2.04 bits per heavy atom. The van der Waals surface area contributed by atoms with Gasteiger partial charge in [-0.2, -0.15) is 5.10 Å². The highest BCUT2D eigenvalue weighted by Crippen LogP contribution is 2.17. The van der Waals surface area contributed by atoms with Crippen molar-refractivity contribution < 1.29 is 14.3 Å². The first-order valence-electron chi connectivity index (χ1n) is 7.62. The molecule has 2 heterocycles. The topological polar surface area (TPSA) is 64.4 Å². The van der Waals surface area contributed by atoms with Crippen LogP contribution in [0.4, 0.5) is 0 Å². The maximum absolute atomic E-state index is 12.7. The Labute approximate surface area is 134 Å². The van der Waals surface area contributed by atoms with Gasteiger partial charge >= 0.3 is 0 Å². The van der Waals surface area contributed by atoms with E-state index in [2.05, 4.69) is 5.10 Å². The van der Waals surface area contributed by atoms with Crippen molar-refractivity contribution >= 4 is 11.7 Å². The molecule has 1 saturated heterocycles. The molecule has 6 nitrogen and oxygen atoms in total. The smallest absolute Gasteiger partial charge is 0.272 e. The number of benzene rings is 1. The fourth-order valence-electron chi connectivity index (χ4n) is 2.78. The second-order valence-electron chi connectivity index (χ2n) is 5.56. The number of aryl methyl sites for hydroxylation is 1. The summed E-state index contributed by atoms with van der Waals surface area (Å²) in [7, 11) is 1.73. The lowest BCUT2D eigenvalue weighted by Crippen LogP contribution is -2.50. The molecule has 1 aliphatic rings. The summed E-state index contributed by atoms with van der Waals surface area (Å²) in [5.74, 6) is -0.0944. The maximum Gasteiger partial charge on any atom is 0.272 e. The number of hydrogen-bond acceptors (Lipinski definition) is 4. The summed E-state index contributed by atoms with van der Waals surface area (Å²) in [6.45, 7) is 1.35. The minimum atomic E-state index is -0.251. The molecule has 1 amide bonds. The summed E-state index contributed by atoms with van der Waals surface area (Å²) in [6, 6.07) is 10.6. The van der Waals surface area contributed by atoms with E-state index in [1.807, 2.05) is 18.2 Å². The largest absolute Gasteiger partial charge is 0.377 e. The average Bonchev–Trinajstić information content (AvgIpc) is 3.01. The third kappa shape index (κ3) is 3.32. The van der Waals surface area contributed by atoms with Crippen LogP contribution in [0.3, 0.4) is 0 Å². The van der Waals surface area contributed by atoms with Crippen LogP contribution in [-0.4, -0.2) is 52.2 Å². The number of Topliss-reactive ketones (excluding diaryl/α,β-unsaturated/α-hetero) is 1.